The van der Waals surface area contributed by atoms with E-state index in [9.17, 15) is 0 Å². The van der Waals surface area contributed by atoms with Gasteiger partial charge in [-0.25, -0.2) is 0 Å². The molecule has 0 aromatic carbocycles. The van der Waals surface area contributed by atoms with Gasteiger partial charge in [0.2, 0.25) is 0 Å². The third-order valence-electron chi connectivity index (χ3n) is 3.96. The Labute approximate surface area is 87.4 Å². The van der Waals surface area contributed by atoms with Crippen molar-refractivity contribution in [3.05, 3.63) is 0 Å². The molecule has 3 atom stereocenters. The summed E-state index contributed by atoms with van der Waals surface area (Å²) in [5, 5.41) is 3.75. The summed E-state index contributed by atoms with van der Waals surface area (Å²) in [4.78, 5) is 0. The van der Waals surface area contributed by atoms with Gasteiger partial charge in [0, 0.05) is 18.7 Å². The Morgan fingerprint density at radius 3 is 2.50 bits per heavy atom. The number of ether oxygens (including phenoxy) is 1. The topological polar surface area (TPSA) is 21.3 Å². The summed E-state index contributed by atoms with van der Waals surface area (Å²) < 4.78 is 5.57. The Morgan fingerprint density at radius 2 is 1.93 bits per heavy atom. The molecule has 2 heteroatoms. The molecule has 0 spiro atoms. The largest absolute Gasteiger partial charge is 0.377 e. The van der Waals surface area contributed by atoms with Gasteiger partial charge in [-0.1, -0.05) is 12.8 Å². The van der Waals surface area contributed by atoms with E-state index in [0.717, 1.165) is 12.5 Å². The van der Waals surface area contributed by atoms with E-state index >= 15 is 0 Å². The van der Waals surface area contributed by atoms with E-state index < -0.39 is 0 Å². The minimum Gasteiger partial charge on any atom is -0.377 e. The zero-order chi connectivity index (χ0) is 9.97. The highest BCUT2D eigenvalue weighted by molar-refractivity contribution is 4.85. The van der Waals surface area contributed by atoms with Crippen LogP contribution in [0.1, 0.15) is 46.0 Å². The maximum Gasteiger partial charge on any atom is 0.0700 e. The molecule has 2 aliphatic rings. The third-order valence-corrected chi connectivity index (χ3v) is 3.96. The van der Waals surface area contributed by atoms with Crippen molar-refractivity contribution >= 4 is 0 Å². The van der Waals surface area contributed by atoms with E-state index in [2.05, 4.69) is 19.2 Å². The van der Waals surface area contributed by atoms with Crippen LogP contribution in [-0.4, -0.2) is 24.8 Å². The van der Waals surface area contributed by atoms with Crippen LogP contribution in [0.25, 0.3) is 0 Å². The van der Waals surface area contributed by atoms with E-state index in [-0.39, 0.29) is 0 Å². The van der Waals surface area contributed by atoms with Crippen LogP contribution in [-0.2, 0) is 4.74 Å². The predicted octanol–water partition coefficient (Wildman–Crippen LogP) is 2.33. The molecule has 0 amide bonds. The molecular formula is C12H23NO. The first-order valence-electron chi connectivity index (χ1n) is 6.15. The zero-order valence-corrected chi connectivity index (χ0v) is 9.46. The lowest BCUT2D eigenvalue weighted by molar-refractivity contribution is 0.109. The molecule has 82 valence electrons. The van der Waals surface area contributed by atoms with Crippen molar-refractivity contribution in [2.24, 2.45) is 5.92 Å². The Balaban J connectivity index is 1.78. The second-order valence-corrected chi connectivity index (χ2v) is 4.97. The smallest absolute Gasteiger partial charge is 0.0700 e. The van der Waals surface area contributed by atoms with Gasteiger partial charge in [-0.2, -0.15) is 0 Å². The molecule has 0 aromatic heterocycles. The Hall–Kier alpha value is -0.0800. The van der Waals surface area contributed by atoms with Crippen LogP contribution in [0.3, 0.4) is 0 Å². The van der Waals surface area contributed by atoms with Crippen molar-refractivity contribution in [1.82, 2.24) is 5.32 Å². The van der Waals surface area contributed by atoms with Crippen LogP contribution in [0.2, 0.25) is 0 Å². The Morgan fingerprint density at radius 1 is 1.21 bits per heavy atom. The Kier molecular flexibility index (Phi) is 3.45. The highest BCUT2D eigenvalue weighted by atomic mass is 16.5. The van der Waals surface area contributed by atoms with Crippen LogP contribution >= 0.6 is 0 Å². The lowest BCUT2D eigenvalue weighted by atomic mass is 9.98. The van der Waals surface area contributed by atoms with Gasteiger partial charge in [0.1, 0.15) is 0 Å². The first kappa shape index (κ1) is 10.4. The highest BCUT2D eigenvalue weighted by Crippen LogP contribution is 2.28. The van der Waals surface area contributed by atoms with Crippen molar-refractivity contribution in [2.75, 3.05) is 6.61 Å². The van der Waals surface area contributed by atoms with Crippen molar-refractivity contribution < 1.29 is 4.74 Å². The summed E-state index contributed by atoms with van der Waals surface area (Å²) in [6.45, 7) is 5.48. The maximum absolute atomic E-state index is 5.57. The monoisotopic (exact) mass is 197 g/mol. The first-order chi connectivity index (χ1) is 6.77. The van der Waals surface area contributed by atoms with E-state index in [1.165, 1.54) is 32.1 Å². The molecule has 0 radical (unpaired) electrons. The van der Waals surface area contributed by atoms with Gasteiger partial charge in [-0.3, -0.25) is 0 Å². The second kappa shape index (κ2) is 4.63. The fraction of sp³-hybridized carbons (Fsp3) is 1.00. The lowest BCUT2D eigenvalue weighted by Gasteiger charge is -2.26. The molecule has 2 fully saturated rings. The van der Waals surface area contributed by atoms with Gasteiger partial charge < -0.3 is 10.1 Å². The van der Waals surface area contributed by atoms with Gasteiger partial charge in [-0.05, 0) is 39.0 Å². The molecule has 2 rings (SSSR count). The SMILES string of the molecule is CC1OCCC1N[C@H](C)C1CCCC1. The maximum atomic E-state index is 5.57. The molecular weight excluding hydrogens is 174 g/mol. The van der Waals surface area contributed by atoms with E-state index in [0.29, 0.717) is 18.2 Å². The third kappa shape index (κ3) is 2.29. The second-order valence-electron chi connectivity index (χ2n) is 4.97. The van der Waals surface area contributed by atoms with Crippen molar-refractivity contribution in [3.8, 4) is 0 Å². The lowest BCUT2D eigenvalue weighted by Crippen LogP contribution is -2.43. The molecule has 1 N–H and O–H groups in total. The molecule has 0 bridgehead atoms. The van der Waals surface area contributed by atoms with Gasteiger partial charge in [0.15, 0.2) is 0 Å². The minimum atomic E-state index is 0.416. The quantitative estimate of drug-likeness (QED) is 0.750. The first-order valence-corrected chi connectivity index (χ1v) is 6.15. The molecule has 2 nitrogen and oxygen atoms in total. The van der Waals surface area contributed by atoms with Crippen LogP contribution < -0.4 is 5.32 Å². The predicted molar refractivity (Wildman–Crippen MR) is 58.4 cm³/mol. The summed E-state index contributed by atoms with van der Waals surface area (Å²) in [7, 11) is 0. The van der Waals surface area contributed by atoms with Crippen molar-refractivity contribution in [3.63, 3.8) is 0 Å². The average Bonchev–Trinajstić information content (AvgIpc) is 2.77. The van der Waals surface area contributed by atoms with Gasteiger partial charge in [0.05, 0.1) is 6.10 Å². The molecule has 0 aromatic rings. The zero-order valence-electron chi connectivity index (χ0n) is 9.46. The van der Waals surface area contributed by atoms with Crippen LogP contribution in [0, 0.1) is 5.92 Å². The highest BCUT2D eigenvalue weighted by Gasteiger charge is 2.28. The minimum absolute atomic E-state index is 0.416. The van der Waals surface area contributed by atoms with E-state index in [1.807, 2.05) is 0 Å². The van der Waals surface area contributed by atoms with Crippen LogP contribution in [0.15, 0.2) is 0 Å². The number of nitrogens with one attached hydrogen (secondary N) is 1. The molecule has 1 aliphatic heterocycles. The van der Waals surface area contributed by atoms with Crippen LogP contribution in [0.4, 0.5) is 0 Å². The van der Waals surface area contributed by atoms with Gasteiger partial charge in [0.25, 0.3) is 0 Å². The molecule has 14 heavy (non-hydrogen) atoms. The molecule has 2 unspecified atom stereocenters. The molecule has 1 heterocycles. The van der Waals surface area contributed by atoms with Crippen molar-refractivity contribution in [1.29, 1.82) is 0 Å². The fourth-order valence-electron chi connectivity index (χ4n) is 2.88. The number of hydrogen-bond donors (Lipinski definition) is 1. The van der Waals surface area contributed by atoms with E-state index in [1.54, 1.807) is 0 Å². The van der Waals surface area contributed by atoms with Gasteiger partial charge >= 0.3 is 0 Å². The van der Waals surface area contributed by atoms with Crippen molar-refractivity contribution in [2.45, 2.75) is 64.1 Å². The number of hydrogen-bond acceptors (Lipinski definition) is 2. The summed E-state index contributed by atoms with van der Waals surface area (Å²) in [6.07, 6.45) is 7.34. The fourth-order valence-corrected chi connectivity index (χ4v) is 2.88. The Bertz CT molecular complexity index is 177. The van der Waals surface area contributed by atoms with Crippen LogP contribution in [0.5, 0.6) is 0 Å². The van der Waals surface area contributed by atoms with E-state index in [4.69, 9.17) is 4.74 Å². The average molecular weight is 197 g/mol. The summed E-state index contributed by atoms with van der Waals surface area (Å²) in [5.74, 6) is 0.919. The number of rotatable bonds is 3. The molecule has 1 aliphatic carbocycles. The van der Waals surface area contributed by atoms with Gasteiger partial charge in [-0.15, -0.1) is 0 Å². The standard InChI is InChI=1S/C12H23NO/c1-9(11-5-3-4-6-11)13-12-7-8-14-10(12)2/h9-13H,3-8H2,1-2H3/t9-,10?,12?/m1/s1. The molecule has 1 saturated carbocycles. The summed E-state index contributed by atoms with van der Waals surface area (Å²) >= 11 is 0. The summed E-state index contributed by atoms with van der Waals surface area (Å²) in [5.41, 5.74) is 0. The summed E-state index contributed by atoms with van der Waals surface area (Å²) in [6, 6.07) is 1.29. The normalized spacial score (nSPS) is 36.4. The molecule has 1 saturated heterocycles.